The Kier molecular flexibility index (Phi) is 4.10. The standard InChI is InChI=1S/C22H17N3O3S/c1-12-2-4-13(5-3-12)16-8-7-15-19(23)20(29-22(15)25-16)21(26)24-14-6-9-17-18(10-14)28-11-27-17/h2-10H,11,23H2,1H3,(H,24,26). The molecule has 0 aliphatic carbocycles. The Balaban J connectivity index is 1.46. The van der Waals surface area contributed by atoms with Crippen LogP contribution in [0.3, 0.4) is 0 Å². The number of aryl methyl sites for hydroxylation is 1. The van der Waals surface area contributed by atoms with E-state index in [1.54, 1.807) is 18.2 Å². The fourth-order valence-corrected chi connectivity index (χ4v) is 4.20. The third-order valence-electron chi connectivity index (χ3n) is 4.78. The van der Waals surface area contributed by atoms with Gasteiger partial charge in [-0.2, -0.15) is 0 Å². The van der Waals surface area contributed by atoms with E-state index in [0.717, 1.165) is 21.5 Å². The molecule has 0 radical (unpaired) electrons. The molecule has 0 bridgehead atoms. The third-order valence-corrected chi connectivity index (χ3v) is 5.89. The van der Waals surface area contributed by atoms with E-state index in [4.69, 9.17) is 20.2 Å². The van der Waals surface area contributed by atoms with Gasteiger partial charge in [-0.15, -0.1) is 11.3 Å². The van der Waals surface area contributed by atoms with E-state index in [-0.39, 0.29) is 12.7 Å². The van der Waals surface area contributed by atoms with Crippen molar-refractivity contribution in [1.29, 1.82) is 0 Å². The summed E-state index contributed by atoms with van der Waals surface area (Å²) in [6.45, 7) is 2.23. The van der Waals surface area contributed by atoms with Crippen molar-refractivity contribution in [3.05, 3.63) is 65.0 Å². The number of nitrogens with zero attached hydrogens (tertiary/aromatic N) is 1. The number of aromatic nitrogens is 1. The summed E-state index contributed by atoms with van der Waals surface area (Å²) >= 11 is 1.28. The lowest BCUT2D eigenvalue weighted by atomic mass is 10.1. The van der Waals surface area contributed by atoms with Crippen LogP contribution in [-0.4, -0.2) is 17.7 Å². The molecule has 7 heteroatoms. The lowest BCUT2D eigenvalue weighted by Gasteiger charge is -2.05. The molecule has 2 aromatic heterocycles. The van der Waals surface area contributed by atoms with Crippen LogP contribution in [0.1, 0.15) is 15.2 Å². The van der Waals surface area contributed by atoms with Crippen molar-refractivity contribution in [2.75, 3.05) is 17.8 Å². The van der Waals surface area contributed by atoms with E-state index < -0.39 is 0 Å². The second-order valence-electron chi connectivity index (χ2n) is 6.78. The van der Waals surface area contributed by atoms with Crippen molar-refractivity contribution >= 4 is 38.8 Å². The van der Waals surface area contributed by atoms with E-state index >= 15 is 0 Å². The van der Waals surface area contributed by atoms with E-state index in [0.29, 0.717) is 27.8 Å². The number of hydrogen-bond donors (Lipinski definition) is 2. The summed E-state index contributed by atoms with van der Waals surface area (Å²) in [5.74, 6) is 0.995. The van der Waals surface area contributed by atoms with Crippen molar-refractivity contribution < 1.29 is 14.3 Å². The number of rotatable bonds is 3. The minimum Gasteiger partial charge on any atom is -0.454 e. The van der Waals surface area contributed by atoms with Crippen LogP contribution in [0.4, 0.5) is 11.4 Å². The zero-order valence-corrected chi connectivity index (χ0v) is 16.4. The Labute approximate surface area is 170 Å². The normalized spacial score (nSPS) is 12.3. The summed E-state index contributed by atoms with van der Waals surface area (Å²) in [5, 5.41) is 3.65. The van der Waals surface area contributed by atoms with E-state index in [2.05, 4.69) is 5.32 Å². The molecule has 144 valence electrons. The first-order valence-corrected chi connectivity index (χ1v) is 9.87. The minimum absolute atomic E-state index is 0.185. The number of carbonyl (C=O) groups excluding carboxylic acids is 1. The monoisotopic (exact) mass is 403 g/mol. The number of nitrogens with one attached hydrogen (secondary N) is 1. The minimum atomic E-state index is -0.277. The number of amides is 1. The van der Waals surface area contributed by atoms with Crippen LogP contribution in [0.15, 0.2) is 54.6 Å². The second kappa shape index (κ2) is 6.79. The van der Waals surface area contributed by atoms with Crippen LogP contribution < -0.4 is 20.5 Å². The molecule has 29 heavy (non-hydrogen) atoms. The van der Waals surface area contributed by atoms with Crippen LogP contribution in [0.5, 0.6) is 11.5 Å². The van der Waals surface area contributed by atoms with Gasteiger partial charge in [0.25, 0.3) is 5.91 Å². The first kappa shape index (κ1) is 17.5. The summed E-state index contributed by atoms with van der Waals surface area (Å²) in [5.41, 5.74) is 10.4. The topological polar surface area (TPSA) is 86.5 Å². The summed E-state index contributed by atoms with van der Waals surface area (Å²) in [6.07, 6.45) is 0. The van der Waals surface area contributed by atoms with Gasteiger partial charge in [0.1, 0.15) is 9.71 Å². The zero-order valence-electron chi connectivity index (χ0n) is 15.6. The maximum atomic E-state index is 12.8. The fourth-order valence-electron chi connectivity index (χ4n) is 3.21. The molecule has 0 unspecified atom stereocenters. The van der Waals surface area contributed by atoms with Gasteiger partial charge in [0.2, 0.25) is 6.79 Å². The summed E-state index contributed by atoms with van der Waals surface area (Å²) in [4.78, 5) is 18.7. The zero-order chi connectivity index (χ0) is 20.0. The first-order chi connectivity index (χ1) is 14.1. The quantitative estimate of drug-likeness (QED) is 0.511. The lowest BCUT2D eigenvalue weighted by molar-refractivity contribution is 0.103. The van der Waals surface area contributed by atoms with E-state index in [9.17, 15) is 4.79 Å². The van der Waals surface area contributed by atoms with Gasteiger partial charge in [-0.05, 0) is 31.2 Å². The number of carbonyl (C=O) groups is 1. The van der Waals surface area contributed by atoms with E-state index in [1.807, 2.05) is 43.3 Å². The number of benzene rings is 2. The number of anilines is 2. The number of ether oxygens (including phenoxy) is 2. The maximum absolute atomic E-state index is 12.8. The van der Waals surface area contributed by atoms with Gasteiger partial charge in [0, 0.05) is 22.7 Å². The molecule has 1 aliphatic heterocycles. The van der Waals surface area contributed by atoms with Crippen molar-refractivity contribution in [2.24, 2.45) is 0 Å². The van der Waals surface area contributed by atoms with Gasteiger partial charge < -0.3 is 20.5 Å². The molecule has 3 heterocycles. The van der Waals surface area contributed by atoms with Crippen LogP contribution >= 0.6 is 11.3 Å². The van der Waals surface area contributed by atoms with Crippen LogP contribution in [0.25, 0.3) is 21.5 Å². The molecule has 0 saturated carbocycles. The summed E-state index contributed by atoms with van der Waals surface area (Å²) in [6, 6.07) is 17.3. The number of nitrogens with two attached hydrogens (primary N) is 1. The SMILES string of the molecule is Cc1ccc(-c2ccc3c(N)c(C(=O)Nc4ccc5c(c4)OCO5)sc3n2)cc1. The third kappa shape index (κ3) is 3.15. The van der Waals surface area contributed by atoms with Crippen LogP contribution in [0, 0.1) is 6.92 Å². The average molecular weight is 403 g/mol. The largest absolute Gasteiger partial charge is 0.454 e. The van der Waals surface area contributed by atoms with Gasteiger partial charge in [-0.25, -0.2) is 4.98 Å². The lowest BCUT2D eigenvalue weighted by Crippen LogP contribution is -2.11. The highest BCUT2D eigenvalue weighted by molar-refractivity contribution is 7.21. The molecule has 6 nitrogen and oxygen atoms in total. The molecule has 5 rings (SSSR count). The first-order valence-electron chi connectivity index (χ1n) is 9.05. The Morgan fingerprint density at radius 2 is 1.86 bits per heavy atom. The molecular weight excluding hydrogens is 386 g/mol. The van der Waals surface area contributed by atoms with Gasteiger partial charge in [0.05, 0.1) is 11.4 Å². The molecule has 0 saturated heterocycles. The molecule has 1 aliphatic rings. The predicted molar refractivity (Wildman–Crippen MR) is 115 cm³/mol. The number of pyridine rings is 1. The maximum Gasteiger partial charge on any atom is 0.267 e. The van der Waals surface area contributed by atoms with Crippen molar-refractivity contribution in [2.45, 2.75) is 6.92 Å². The molecule has 0 fully saturated rings. The summed E-state index contributed by atoms with van der Waals surface area (Å²) in [7, 11) is 0. The smallest absolute Gasteiger partial charge is 0.267 e. The molecule has 0 atom stereocenters. The van der Waals surface area contributed by atoms with Gasteiger partial charge in [-0.3, -0.25) is 4.79 Å². The Morgan fingerprint density at radius 1 is 1.07 bits per heavy atom. The van der Waals surface area contributed by atoms with Gasteiger partial charge in [0.15, 0.2) is 11.5 Å². The second-order valence-corrected chi connectivity index (χ2v) is 7.78. The van der Waals surface area contributed by atoms with Crippen LogP contribution in [-0.2, 0) is 0 Å². The molecule has 2 aromatic carbocycles. The molecule has 0 spiro atoms. The number of nitrogen functional groups attached to an aromatic ring is 1. The molecule has 3 N–H and O–H groups in total. The van der Waals surface area contributed by atoms with Crippen LogP contribution in [0.2, 0.25) is 0 Å². The molecule has 1 amide bonds. The van der Waals surface area contributed by atoms with Gasteiger partial charge in [-0.1, -0.05) is 29.8 Å². The van der Waals surface area contributed by atoms with Crippen molar-refractivity contribution in [3.63, 3.8) is 0 Å². The highest BCUT2D eigenvalue weighted by Gasteiger charge is 2.19. The highest BCUT2D eigenvalue weighted by atomic mass is 32.1. The number of fused-ring (bicyclic) bond motifs is 2. The number of hydrogen-bond acceptors (Lipinski definition) is 6. The Bertz CT molecular complexity index is 1250. The molecule has 4 aromatic rings. The summed E-state index contributed by atoms with van der Waals surface area (Å²) < 4.78 is 10.7. The Morgan fingerprint density at radius 3 is 2.69 bits per heavy atom. The van der Waals surface area contributed by atoms with Gasteiger partial charge >= 0.3 is 0 Å². The molecular formula is C22H17N3O3S. The number of thiophene rings is 1. The van der Waals surface area contributed by atoms with E-state index in [1.165, 1.54) is 16.9 Å². The van der Waals surface area contributed by atoms with Crippen molar-refractivity contribution in [1.82, 2.24) is 4.98 Å². The highest BCUT2D eigenvalue weighted by Crippen LogP contribution is 2.37. The predicted octanol–water partition coefficient (Wildman–Crippen LogP) is 4.83. The Hall–Kier alpha value is -3.58. The average Bonchev–Trinajstić information content (AvgIpc) is 3.32. The fraction of sp³-hybridized carbons (Fsp3) is 0.0909. The van der Waals surface area contributed by atoms with Crippen molar-refractivity contribution in [3.8, 4) is 22.8 Å².